The summed E-state index contributed by atoms with van der Waals surface area (Å²) in [5, 5.41) is 6.32. The second-order valence-electron chi connectivity index (χ2n) is 10.8. The van der Waals surface area contributed by atoms with Gasteiger partial charge in [-0.05, 0) is 64.3 Å². The SMILES string of the molecule is CC(Cc1cccc(C(C)NC(=O)OC(C)(C)C)c1)Nc1nccc(N(C)c2ccnc(-c3ccccc3)n2)n1. The van der Waals surface area contributed by atoms with Crippen LogP contribution >= 0.6 is 0 Å². The van der Waals surface area contributed by atoms with E-state index in [1.165, 1.54) is 0 Å². The van der Waals surface area contributed by atoms with Gasteiger partial charge >= 0.3 is 6.09 Å². The molecule has 0 fully saturated rings. The number of alkyl carbamates (subject to hydrolysis) is 1. The van der Waals surface area contributed by atoms with Gasteiger partial charge in [-0.15, -0.1) is 0 Å². The number of hydrogen-bond donors (Lipinski definition) is 2. The lowest BCUT2D eigenvalue weighted by Crippen LogP contribution is -2.34. The quantitative estimate of drug-likeness (QED) is 0.254. The largest absolute Gasteiger partial charge is 0.444 e. The second kappa shape index (κ2) is 12.5. The number of hydrogen-bond acceptors (Lipinski definition) is 8. The summed E-state index contributed by atoms with van der Waals surface area (Å²) >= 11 is 0. The molecule has 4 aromatic rings. The zero-order valence-corrected chi connectivity index (χ0v) is 23.9. The molecule has 0 bridgehead atoms. The number of ether oxygens (including phenoxy) is 1. The van der Waals surface area contributed by atoms with Gasteiger partial charge in [0.05, 0.1) is 6.04 Å². The van der Waals surface area contributed by atoms with Crippen LogP contribution in [-0.2, 0) is 11.2 Å². The van der Waals surface area contributed by atoms with E-state index in [-0.39, 0.29) is 12.1 Å². The number of nitrogens with zero attached hydrogens (tertiary/aromatic N) is 5. The summed E-state index contributed by atoms with van der Waals surface area (Å²) in [6.07, 6.45) is 3.81. The van der Waals surface area contributed by atoms with Crippen molar-refractivity contribution in [3.8, 4) is 11.4 Å². The zero-order valence-electron chi connectivity index (χ0n) is 23.9. The highest BCUT2D eigenvalue weighted by Gasteiger charge is 2.19. The molecule has 0 aliphatic rings. The smallest absolute Gasteiger partial charge is 0.408 e. The summed E-state index contributed by atoms with van der Waals surface area (Å²) < 4.78 is 5.39. The lowest BCUT2D eigenvalue weighted by molar-refractivity contribution is 0.0508. The minimum absolute atomic E-state index is 0.0636. The average Bonchev–Trinajstić information content (AvgIpc) is 2.92. The van der Waals surface area contributed by atoms with Crippen molar-refractivity contribution in [3.63, 3.8) is 0 Å². The fourth-order valence-corrected chi connectivity index (χ4v) is 4.17. The van der Waals surface area contributed by atoms with E-state index >= 15 is 0 Å². The zero-order chi connectivity index (χ0) is 28.7. The molecule has 9 heteroatoms. The highest BCUT2D eigenvalue weighted by atomic mass is 16.6. The van der Waals surface area contributed by atoms with Gasteiger partial charge in [-0.25, -0.2) is 19.7 Å². The van der Waals surface area contributed by atoms with Gasteiger partial charge in [-0.2, -0.15) is 4.98 Å². The fraction of sp³-hybridized carbons (Fsp3) is 0.323. The van der Waals surface area contributed by atoms with E-state index in [0.29, 0.717) is 17.6 Å². The first-order valence-electron chi connectivity index (χ1n) is 13.4. The molecule has 9 nitrogen and oxygen atoms in total. The van der Waals surface area contributed by atoms with Gasteiger partial charge in [0.25, 0.3) is 0 Å². The summed E-state index contributed by atoms with van der Waals surface area (Å²) in [5.74, 6) is 2.64. The van der Waals surface area contributed by atoms with E-state index in [2.05, 4.69) is 39.7 Å². The molecule has 2 heterocycles. The van der Waals surface area contributed by atoms with Crippen LogP contribution in [0.25, 0.3) is 11.4 Å². The van der Waals surface area contributed by atoms with E-state index < -0.39 is 11.7 Å². The average molecular weight is 540 g/mol. The van der Waals surface area contributed by atoms with Crippen molar-refractivity contribution in [2.45, 2.75) is 58.7 Å². The summed E-state index contributed by atoms with van der Waals surface area (Å²) in [4.78, 5) is 32.4. The lowest BCUT2D eigenvalue weighted by Gasteiger charge is -2.22. The predicted octanol–water partition coefficient (Wildman–Crippen LogP) is 6.33. The molecule has 2 aromatic heterocycles. The third-order valence-electron chi connectivity index (χ3n) is 6.10. The van der Waals surface area contributed by atoms with Crippen LogP contribution in [-0.4, -0.2) is 44.7 Å². The molecule has 0 spiro atoms. The van der Waals surface area contributed by atoms with Gasteiger partial charge in [-0.3, -0.25) is 0 Å². The van der Waals surface area contributed by atoms with Gasteiger partial charge in [0, 0.05) is 31.0 Å². The van der Waals surface area contributed by atoms with Crippen LogP contribution in [0, 0.1) is 0 Å². The second-order valence-corrected chi connectivity index (χ2v) is 10.8. The highest BCUT2D eigenvalue weighted by Crippen LogP contribution is 2.23. The Morgan fingerprint density at radius 1 is 0.925 bits per heavy atom. The minimum Gasteiger partial charge on any atom is -0.444 e. The van der Waals surface area contributed by atoms with Crippen molar-refractivity contribution in [1.82, 2.24) is 25.3 Å². The van der Waals surface area contributed by atoms with E-state index in [4.69, 9.17) is 14.7 Å². The molecule has 208 valence electrons. The molecule has 4 rings (SSSR count). The Bertz CT molecular complexity index is 1420. The van der Waals surface area contributed by atoms with Crippen molar-refractivity contribution in [1.29, 1.82) is 0 Å². The summed E-state index contributed by atoms with van der Waals surface area (Å²) in [5.41, 5.74) is 2.56. The first-order chi connectivity index (χ1) is 19.1. The number of rotatable bonds is 9. The Morgan fingerprint density at radius 3 is 2.35 bits per heavy atom. The predicted molar refractivity (Wildman–Crippen MR) is 159 cm³/mol. The van der Waals surface area contributed by atoms with Crippen LogP contribution in [0.5, 0.6) is 0 Å². The van der Waals surface area contributed by atoms with E-state index in [1.54, 1.807) is 12.4 Å². The highest BCUT2D eigenvalue weighted by molar-refractivity contribution is 5.68. The standard InChI is InChI=1S/C31H37N7O2/c1-21(19-23-11-10-14-25(20-23)22(2)35-30(39)40-31(3,4)5)34-29-33-18-16-27(37-29)38(6)26-15-17-32-28(36-26)24-12-8-7-9-13-24/h7-18,20-22H,19H2,1-6H3,(H,35,39)(H,33,34,37). The molecule has 2 N–H and O–H groups in total. The monoisotopic (exact) mass is 539 g/mol. The molecule has 2 aromatic carbocycles. The molecule has 0 radical (unpaired) electrons. The third kappa shape index (κ3) is 7.99. The van der Waals surface area contributed by atoms with Gasteiger partial charge in [0.15, 0.2) is 5.82 Å². The van der Waals surface area contributed by atoms with Crippen molar-refractivity contribution < 1.29 is 9.53 Å². The number of nitrogens with one attached hydrogen (secondary N) is 2. The Labute approximate surface area is 236 Å². The van der Waals surface area contributed by atoms with Gasteiger partial charge in [0.2, 0.25) is 5.95 Å². The van der Waals surface area contributed by atoms with Gasteiger partial charge in [-0.1, -0.05) is 54.6 Å². The molecule has 40 heavy (non-hydrogen) atoms. The molecule has 2 unspecified atom stereocenters. The van der Waals surface area contributed by atoms with E-state index in [9.17, 15) is 4.79 Å². The number of carbonyl (C=O) groups is 1. The number of anilines is 3. The number of carbonyl (C=O) groups excluding carboxylic acids is 1. The number of benzene rings is 2. The van der Waals surface area contributed by atoms with E-state index in [1.807, 2.05) is 94.2 Å². The maximum Gasteiger partial charge on any atom is 0.408 e. The van der Waals surface area contributed by atoms with Gasteiger partial charge < -0.3 is 20.3 Å². The van der Waals surface area contributed by atoms with Crippen molar-refractivity contribution in [2.24, 2.45) is 0 Å². The van der Waals surface area contributed by atoms with Crippen LogP contribution in [0.3, 0.4) is 0 Å². The Morgan fingerprint density at radius 2 is 1.62 bits per heavy atom. The van der Waals surface area contributed by atoms with Crippen LogP contribution in [0.2, 0.25) is 0 Å². The maximum absolute atomic E-state index is 12.2. The van der Waals surface area contributed by atoms with Crippen LogP contribution in [0.15, 0.2) is 79.1 Å². The molecule has 0 aliphatic carbocycles. The molecule has 0 saturated carbocycles. The number of aromatic nitrogens is 4. The minimum atomic E-state index is -0.541. The van der Waals surface area contributed by atoms with Crippen molar-refractivity contribution in [2.75, 3.05) is 17.3 Å². The third-order valence-corrected chi connectivity index (χ3v) is 6.10. The molecule has 0 aliphatic heterocycles. The van der Waals surface area contributed by atoms with Crippen LogP contribution in [0.4, 0.5) is 22.4 Å². The molecule has 0 saturated heterocycles. The summed E-state index contributed by atoms with van der Waals surface area (Å²) in [7, 11) is 1.92. The maximum atomic E-state index is 12.2. The Kier molecular flexibility index (Phi) is 8.93. The summed E-state index contributed by atoms with van der Waals surface area (Å²) in [6, 6.07) is 21.7. The van der Waals surface area contributed by atoms with Crippen molar-refractivity contribution in [3.05, 3.63) is 90.3 Å². The van der Waals surface area contributed by atoms with Crippen molar-refractivity contribution >= 4 is 23.7 Å². The lowest BCUT2D eigenvalue weighted by atomic mass is 10.0. The molecule has 2 atom stereocenters. The van der Waals surface area contributed by atoms with Crippen LogP contribution < -0.4 is 15.5 Å². The first kappa shape index (κ1) is 28.5. The number of amides is 1. The first-order valence-corrected chi connectivity index (χ1v) is 13.4. The summed E-state index contributed by atoms with van der Waals surface area (Å²) in [6.45, 7) is 9.58. The molecule has 1 amide bonds. The van der Waals surface area contributed by atoms with Crippen LogP contribution in [0.1, 0.15) is 51.8 Å². The molecular formula is C31H37N7O2. The fourth-order valence-electron chi connectivity index (χ4n) is 4.17. The van der Waals surface area contributed by atoms with Gasteiger partial charge in [0.1, 0.15) is 17.2 Å². The normalized spacial score (nSPS) is 12.8. The Balaban J connectivity index is 1.39. The Hall–Kier alpha value is -4.53. The molecular weight excluding hydrogens is 502 g/mol. The topological polar surface area (TPSA) is 105 Å². The van der Waals surface area contributed by atoms with E-state index in [0.717, 1.165) is 28.9 Å².